The predicted molar refractivity (Wildman–Crippen MR) is 71.8 cm³/mol. The summed E-state index contributed by atoms with van der Waals surface area (Å²) in [4.78, 5) is 35.2. The number of benzene rings is 1. The van der Waals surface area contributed by atoms with Crippen LogP contribution in [0.15, 0.2) is 18.2 Å². The van der Waals surface area contributed by atoms with Crippen LogP contribution in [0.1, 0.15) is 15.9 Å². The van der Waals surface area contributed by atoms with Crippen LogP contribution in [0.5, 0.6) is 0 Å². The second-order valence-corrected chi connectivity index (χ2v) is 4.16. The van der Waals surface area contributed by atoms with E-state index >= 15 is 0 Å². The smallest absolute Gasteiger partial charge is 0.337 e. The topological polar surface area (TPSA) is 95.9 Å². The molecule has 7 heteroatoms. The van der Waals surface area contributed by atoms with Gasteiger partial charge in [-0.15, -0.1) is 0 Å². The molecule has 0 atom stereocenters. The van der Waals surface area contributed by atoms with Crippen molar-refractivity contribution >= 4 is 23.7 Å². The number of carboxylic acids is 1. The molecule has 0 aliphatic carbocycles. The van der Waals surface area contributed by atoms with E-state index < -0.39 is 18.0 Å². The van der Waals surface area contributed by atoms with Crippen molar-refractivity contribution in [3.8, 4) is 0 Å². The molecule has 2 N–H and O–H groups in total. The summed E-state index contributed by atoms with van der Waals surface area (Å²) in [5, 5.41) is 11.6. The number of anilines is 1. The van der Waals surface area contributed by atoms with Crippen molar-refractivity contribution in [2.75, 3.05) is 26.0 Å². The fourth-order valence-corrected chi connectivity index (χ4v) is 1.54. The molecule has 1 aromatic rings. The van der Waals surface area contributed by atoms with Gasteiger partial charge in [-0.25, -0.2) is 9.59 Å². The van der Waals surface area contributed by atoms with E-state index in [4.69, 9.17) is 5.11 Å². The lowest BCUT2D eigenvalue weighted by molar-refractivity contribution is -0.140. The average molecular weight is 280 g/mol. The van der Waals surface area contributed by atoms with Gasteiger partial charge >= 0.3 is 18.0 Å². The zero-order valence-corrected chi connectivity index (χ0v) is 11.5. The SMILES string of the molecule is COC(=O)CN(C)C(=O)Nc1c(C)cccc1C(=O)O. The maximum absolute atomic E-state index is 11.9. The number of nitrogens with zero attached hydrogens (tertiary/aromatic N) is 1. The van der Waals surface area contributed by atoms with Gasteiger partial charge in [-0.1, -0.05) is 12.1 Å². The summed E-state index contributed by atoms with van der Waals surface area (Å²) in [7, 11) is 2.63. The van der Waals surface area contributed by atoms with Crippen LogP contribution in [0, 0.1) is 6.92 Å². The second-order valence-electron chi connectivity index (χ2n) is 4.16. The third kappa shape index (κ3) is 3.71. The number of carbonyl (C=O) groups is 3. The third-order valence-corrected chi connectivity index (χ3v) is 2.68. The van der Waals surface area contributed by atoms with Crippen LogP contribution < -0.4 is 5.32 Å². The fourth-order valence-electron chi connectivity index (χ4n) is 1.54. The Balaban J connectivity index is 2.90. The monoisotopic (exact) mass is 280 g/mol. The van der Waals surface area contributed by atoms with Gasteiger partial charge in [0.2, 0.25) is 0 Å². The number of hydrogen-bond donors (Lipinski definition) is 2. The molecule has 0 fully saturated rings. The largest absolute Gasteiger partial charge is 0.478 e. The molecule has 1 aromatic carbocycles. The van der Waals surface area contributed by atoms with E-state index in [2.05, 4.69) is 10.1 Å². The second kappa shape index (κ2) is 6.55. The number of esters is 1. The zero-order valence-electron chi connectivity index (χ0n) is 11.5. The first kappa shape index (κ1) is 15.5. The summed E-state index contributed by atoms with van der Waals surface area (Å²) in [5.74, 6) is -1.70. The molecule has 0 bridgehead atoms. The number of methoxy groups -OCH3 is 1. The Morgan fingerprint density at radius 3 is 2.55 bits per heavy atom. The molecule has 20 heavy (non-hydrogen) atoms. The van der Waals surface area contributed by atoms with Gasteiger partial charge in [-0.2, -0.15) is 0 Å². The molecule has 0 aliphatic rings. The van der Waals surface area contributed by atoms with Gasteiger partial charge in [-0.3, -0.25) is 4.79 Å². The summed E-state index contributed by atoms with van der Waals surface area (Å²) in [6.07, 6.45) is 0. The van der Waals surface area contributed by atoms with E-state index in [0.29, 0.717) is 5.56 Å². The standard InChI is InChI=1S/C13H16N2O5/c1-8-5-4-6-9(12(17)18)11(8)14-13(19)15(2)7-10(16)20-3/h4-6H,7H2,1-3H3,(H,14,19)(H,17,18). The van der Waals surface area contributed by atoms with Crippen LogP contribution in [0.4, 0.5) is 10.5 Å². The Hall–Kier alpha value is -2.57. The highest BCUT2D eigenvalue weighted by Crippen LogP contribution is 2.20. The minimum absolute atomic E-state index is 0.00943. The number of nitrogens with one attached hydrogen (secondary N) is 1. The first-order chi connectivity index (χ1) is 9.36. The quantitative estimate of drug-likeness (QED) is 0.811. The fraction of sp³-hybridized carbons (Fsp3) is 0.308. The Morgan fingerprint density at radius 2 is 2.00 bits per heavy atom. The normalized spacial score (nSPS) is 9.75. The maximum atomic E-state index is 11.9. The lowest BCUT2D eigenvalue weighted by atomic mass is 10.1. The van der Waals surface area contributed by atoms with Crippen molar-refractivity contribution in [3.63, 3.8) is 0 Å². The minimum atomic E-state index is -1.14. The Morgan fingerprint density at radius 1 is 1.35 bits per heavy atom. The number of ether oxygens (including phenoxy) is 1. The van der Waals surface area contributed by atoms with Crippen molar-refractivity contribution in [1.82, 2.24) is 4.90 Å². The molecule has 0 saturated carbocycles. The van der Waals surface area contributed by atoms with Crippen molar-refractivity contribution in [1.29, 1.82) is 0 Å². The number of urea groups is 1. The van der Waals surface area contributed by atoms with Gasteiger partial charge in [0.05, 0.1) is 18.4 Å². The molecule has 0 radical (unpaired) electrons. The van der Waals surface area contributed by atoms with Crippen LogP contribution in [-0.2, 0) is 9.53 Å². The van der Waals surface area contributed by atoms with E-state index in [0.717, 1.165) is 4.90 Å². The van der Waals surface area contributed by atoms with E-state index in [1.807, 2.05) is 0 Å². The highest BCUT2D eigenvalue weighted by atomic mass is 16.5. The van der Waals surface area contributed by atoms with Gasteiger partial charge in [-0.05, 0) is 18.6 Å². The number of rotatable bonds is 4. The number of para-hydroxylation sites is 1. The predicted octanol–water partition coefficient (Wildman–Crippen LogP) is 1.33. The summed E-state index contributed by atoms with van der Waals surface area (Å²) < 4.78 is 4.45. The van der Waals surface area contributed by atoms with Crippen LogP contribution in [0.2, 0.25) is 0 Å². The molecule has 0 aliphatic heterocycles. The molecule has 1 rings (SSSR count). The van der Waals surface area contributed by atoms with Crippen molar-refractivity contribution < 1.29 is 24.2 Å². The average Bonchev–Trinajstić information content (AvgIpc) is 2.40. The number of carboxylic acid groups (broad SMARTS) is 1. The van der Waals surface area contributed by atoms with E-state index in [9.17, 15) is 14.4 Å². The van der Waals surface area contributed by atoms with E-state index in [1.54, 1.807) is 19.1 Å². The van der Waals surface area contributed by atoms with Crippen LogP contribution in [0.25, 0.3) is 0 Å². The Kier molecular flexibility index (Phi) is 5.08. The molecule has 2 amide bonds. The lowest BCUT2D eigenvalue weighted by Gasteiger charge is -2.18. The van der Waals surface area contributed by atoms with Gasteiger partial charge in [0, 0.05) is 7.05 Å². The summed E-state index contributed by atoms with van der Waals surface area (Å²) >= 11 is 0. The summed E-state index contributed by atoms with van der Waals surface area (Å²) in [5.41, 5.74) is 0.816. The van der Waals surface area contributed by atoms with Crippen LogP contribution in [0.3, 0.4) is 0 Å². The number of amides is 2. The summed E-state index contributed by atoms with van der Waals surface area (Å²) in [6, 6.07) is 4.08. The van der Waals surface area contributed by atoms with Crippen molar-refractivity contribution in [2.24, 2.45) is 0 Å². The number of hydrogen-bond acceptors (Lipinski definition) is 4. The van der Waals surface area contributed by atoms with Gasteiger partial charge in [0.15, 0.2) is 0 Å². The Bertz CT molecular complexity index is 542. The van der Waals surface area contributed by atoms with Gasteiger partial charge < -0.3 is 20.1 Å². The zero-order chi connectivity index (χ0) is 15.3. The number of carbonyl (C=O) groups excluding carboxylic acids is 2. The first-order valence-electron chi connectivity index (χ1n) is 5.78. The third-order valence-electron chi connectivity index (χ3n) is 2.68. The van der Waals surface area contributed by atoms with E-state index in [-0.39, 0.29) is 17.8 Å². The molecule has 0 spiro atoms. The van der Waals surface area contributed by atoms with Crippen molar-refractivity contribution in [2.45, 2.75) is 6.92 Å². The molecule has 7 nitrogen and oxygen atoms in total. The number of aryl methyl sites for hydroxylation is 1. The lowest BCUT2D eigenvalue weighted by Crippen LogP contribution is -2.36. The highest BCUT2D eigenvalue weighted by molar-refractivity contribution is 6.01. The molecular weight excluding hydrogens is 264 g/mol. The molecule has 0 unspecified atom stereocenters. The van der Waals surface area contributed by atoms with Crippen molar-refractivity contribution in [3.05, 3.63) is 29.3 Å². The molecule has 0 heterocycles. The molecule has 108 valence electrons. The van der Waals surface area contributed by atoms with Crippen LogP contribution >= 0.6 is 0 Å². The maximum Gasteiger partial charge on any atom is 0.337 e. The minimum Gasteiger partial charge on any atom is -0.478 e. The molecule has 0 aromatic heterocycles. The molecular formula is C13H16N2O5. The Labute approximate surface area is 116 Å². The van der Waals surface area contributed by atoms with Gasteiger partial charge in [0.25, 0.3) is 0 Å². The first-order valence-corrected chi connectivity index (χ1v) is 5.78. The molecule has 0 saturated heterocycles. The van der Waals surface area contributed by atoms with Crippen LogP contribution in [-0.4, -0.2) is 48.7 Å². The number of likely N-dealkylation sites (N-methyl/N-ethyl adjacent to an activating group) is 1. The number of aromatic carboxylic acids is 1. The summed E-state index contributed by atoms with van der Waals surface area (Å²) in [6.45, 7) is 1.46. The van der Waals surface area contributed by atoms with Gasteiger partial charge in [0.1, 0.15) is 6.54 Å². The highest BCUT2D eigenvalue weighted by Gasteiger charge is 2.18. The van der Waals surface area contributed by atoms with E-state index in [1.165, 1.54) is 20.2 Å².